The van der Waals surface area contributed by atoms with Crippen molar-refractivity contribution in [3.8, 4) is 17.1 Å². The first kappa shape index (κ1) is 11.1. The summed E-state index contributed by atoms with van der Waals surface area (Å²) < 4.78 is 5.05. The fourth-order valence-electron chi connectivity index (χ4n) is 1.38. The molecule has 0 radical (unpaired) electrons. The third kappa shape index (κ3) is 2.39. The second-order valence-electron chi connectivity index (χ2n) is 3.36. The van der Waals surface area contributed by atoms with Gasteiger partial charge in [0.05, 0.1) is 7.11 Å². The van der Waals surface area contributed by atoms with Crippen LogP contribution in [0, 0.1) is 0 Å². The fourth-order valence-corrected chi connectivity index (χ4v) is 1.38. The van der Waals surface area contributed by atoms with Gasteiger partial charge in [0.15, 0.2) is 5.82 Å². The van der Waals surface area contributed by atoms with Crippen molar-refractivity contribution in [3.05, 3.63) is 42.2 Å². The van der Waals surface area contributed by atoms with E-state index in [9.17, 15) is 4.79 Å². The normalized spacial score (nSPS) is 9.94. The number of methoxy groups -OCH3 is 1. The zero-order valence-corrected chi connectivity index (χ0v) is 9.25. The quantitative estimate of drug-likeness (QED) is 0.859. The van der Waals surface area contributed by atoms with Gasteiger partial charge in [-0.3, -0.25) is 4.79 Å². The first-order chi connectivity index (χ1) is 8.20. The molecule has 0 spiro atoms. The Morgan fingerprint density at radius 2 is 1.94 bits per heavy atom. The molecule has 1 aromatic carbocycles. The highest BCUT2D eigenvalue weighted by atomic mass is 16.5. The molecule has 0 aliphatic carbocycles. The van der Waals surface area contributed by atoms with E-state index in [-0.39, 0.29) is 5.69 Å². The van der Waals surface area contributed by atoms with Crippen LogP contribution in [0.1, 0.15) is 10.5 Å². The molecule has 0 atom stereocenters. The van der Waals surface area contributed by atoms with Crippen molar-refractivity contribution in [1.29, 1.82) is 0 Å². The number of hydrogen-bond acceptors (Lipinski definition) is 4. The summed E-state index contributed by atoms with van der Waals surface area (Å²) in [5.41, 5.74) is 6.16. The molecular formula is C12H11N3O2. The second-order valence-corrected chi connectivity index (χ2v) is 3.36. The standard InChI is InChI=1S/C12H11N3O2/c1-17-9-4-2-8(3-5-9)12-14-7-6-10(15-12)11(13)16/h2-7H,1H3,(H2,13,16). The van der Waals surface area contributed by atoms with Crippen LogP contribution in [0.15, 0.2) is 36.5 Å². The molecule has 0 fully saturated rings. The predicted molar refractivity (Wildman–Crippen MR) is 62.5 cm³/mol. The average Bonchev–Trinajstić information content (AvgIpc) is 2.39. The van der Waals surface area contributed by atoms with Gasteiger partial charge in [0, 0.05) is 11.8 Å². The van der Waals surface area contributed by atoms with Gasteiger partial charge in [-0.15, -0.1) is 0 Å². The van der Waals surface area contributed by atoms with Crippen LogP contribution in [-0.2, 0) is 0 Å². The topological polar surface area (TPSA) is 78.1 Å². The van der Waals surface area contributed by atoms with Crippen molar-refractivity contribution in [2.75, 3.05) is 7.11 Å². The van der Waals surface area contributed by atoms with Crippen molar-refractivity contribution < 1.29 is 9.53 Å². The number of hydrogen-bond donors (Lipinski definition) is 1. The summed E-state index contributed by atoms with van der Waals surface area (Å²) in [5.74, 6) is 0.644. The Morgan fingerprint density at radius 1 is 1.24 bits per heavy atom. The zero-order chi connectivity index (χ0) is 12.3. The maximum atomic E-state index is 11.0. The number of benzene rings is 1. The molecule has 2 N–H and O–H groups in total. The smallest absolute Gasteiger partial charge is 0.267 e. The van der Waals surface area contributed by atoms with E-state index >= 15 is 0 Å². The Labute approximate surface area is 98.3 Å². The van der Waals surface area contributed by atoms with Crippen LogP contribution in [0.4, 0.5) is 0 Å². The maximum Gasteiger partial charge on any atom is 0.267 e. The number of ether oxygens (including phenoxy) is 1. The highest BCUT2D eigenvalue weighted by Gasteiger charge is 2.06. The monoisotopic (exact) mass is 229 g/mol. The van der Waals surface area contributed by atoms with Gasteiger partial charge in [0.2, 0.25) is 0 Å². The van der Waals surface area contributed by atoms with E-state index < -0.39 is 5.91 Å². The minimum absolute atomic E-state index is 0.200. The predicted octanol–water partition coefficient (Wildman–Crippen LogP) is 1.25. The molecule has 86 valence electrons. The summed E-state index contributed by atoms with van der Waals surface area (Å²) in [6, 6.07) is 8.72. The molecule has 2 rings (SSSR count). The van der Waals surface area contributed by atoms with E-state index in [0.29, 0.717) is 5.82 Å². The maximum absolute atomic E-state index is 11.0. The molecule has 0 saturated heterocycles. The van der Waals surface area contributed by atoms with Gasteiger partial charge < -0.3 is 10.5 Å². The number of amides is 1. The molecular weight excluding hydrogens is 218 g/mol. The SMILES string of the molecule is COc1ccc(-c2nccc(C(N)=O)n2)cc1. The van der Waals surface area contributed by atoms with E-state index in [2.05, 4.69) is 9.97 Å². The first-order valence-corrected chi connectivity index (χ1v) is 4.98. The van der Waals surface area contributed by atoms with Crippen LogP contribution in [-0.4, -0.2) is 23.0 Å². The number of carbonyl (C=O) groups excluding carboxylic acids is 1. The lowest BCUT2D eigenvalue weighted by molar-refractivity contribution is 0.0995. The molecule has 0 aliphatic heterocycles. The summed E-state index contributed by atoms with van der Waals surface area (Å²) in [6.07, 6.45) is 1.51. The Bertz CT molecular complexity index is 538. The minimum Gasteiger partial charge on any atom is -0.497 e. The van der Waals surface area contributed by atoms with Crippen LogP contribution in [0.25, 0.3) is 11.4 Å². The third-order valence-corrected chi connectivity index (χ3v) is 2.26. The number of nitrogens with two attached hydrogens (primary N) is 1. The molecule has 2 aromatic rings. The fraction of sp³-hybridized carbons (Fsp3) is 0.0833. The molecule has 5 nitrogen and oxygen atoms in total. The van der Waals surface area contributed by atoms with Crippen molar-refractivity contribution in [3.63, 3.8) is 0 Å². The van der Waals surface area contributed by atoms with Crippen LogP contribution in [0.2, 0.25) is 0 Å². The summed E-state index contributed by atoms with van der Waals surface area (Å²) in [6.45, 7) is 0. The van der Waals surface area contributed by atoms with Crippen molar-refractivity contribution >= 4 is 5.91 Å². The summed E-state index contributed by atoms with van der Waals surface area (Å²) in [5, 5.41) is 0. The lowest BCUT2D eigenvalue weighted by Gasteiger charge is -2.03. The van der Waals surface area contributed by atoms with Gasteiger partial charge in [-0.2, -0.15) is 0 Å². The minimum atomic E-state index is -0.567. The Morgan fingerprint density at radius 3 is 2.53 bits per heavy atom. The molecule has 5 heteroatoms. The summed E-state index contributed by atoms with van der Waals surface area (Å²) in [4.78, 5) is 19.2. The number of primary amides is 1. The molecule has 1 amide bonds. The van der Waals surface area contributed by atoms with Gasteiger partial charge in [-0.1, -0.05) is 0 Å². The van der Waals surface area contributed by atoms with Crippen molar-refractivity contribution in [2.24, 2.45) is 5.73 Å². The van der Waals surface area contributed by atoms with Gasteiger partial charge in [0.1, 0.15) is 11.4 Å². The van der Waals surface area contributed by atoms with E-state index in [1.807, 2.05) is 12.1 Å². The van der Waals surface area contributed by atoms with Crippen LogP contribution >= 0.6 is 0 Å². The van der Waals surface area contributed by atoms with Crippen LogP contribution in [0.3, 0.4) is 0 Å². The lowest BCUT2D eigenvalue weighted by atomic mass is 10.2. The van der Waals surface area contributed by atoms with Crippen molar-refractivity contribution in [2.45, 2.75) is 0 Å². The number of aromatic nitrogens is 2. The van der Waals surface area contributed by atoms with Gasteiger partial charge in [0.25, 0.3) is 5.91 Å². The molecule has 0 saturated carbocycles. The largest absolute Gasteiger partial charge is 0.497 e. The van der Waals surface area contributed by atoms with Crippen LogP contribution < -0.4 is 10.5 Å². The van der Waals surface area contributed by atoms with Gasteiger partial charge in [-0.05, 0) is 30.3 Å². The van der Waals surface area contributed by atoms with E-state index in [4.69, 9.17) is 10.5 Å². The molecule has 0 bridgehead atoms. The number of carbonyl (C=O) groups is 1. The number of rotatable bonds is 3. The summed E-state index contributed by atoms with van der Waals surface area (Å²) >= 11 is 0. The molecule has 0 aliphatic rings. The first-order valence-electron chi connectivity index (χ1n) is 4.98. The average molecular weight is 229 g/mol. The molecule has 1 heterocycles. The Kier molecular flexibility index (Phi) is 3.00. The highest BCUT2D eigenvalue weighted by Crippen LogP contribution is 2.18. The summed E-state index contributed by atoms with van der Waals surface area (Å²) in [7, 11) is 1.60. The zero-order valence-electron chi connectivity index (χ0n) is 9.25. The Hall–Kier alpha value is -2.43. The molecule has 0 unspecified atom stereocenters. The van der Waals surface area contributed by atoms with Gasteiger partial charge >= 0.3 is 0 Å². The van der Waals surface area contributed by atoms with E-state index in [1.54, 1.807) is 19.2 Å². The van der Waals surface area contributed by atoms with Gasteiger partial charge in [-0.25, -0.2) is 9.97 Å². The number of nitrogens with zero attached hydrogens (tertiary/aromatic N) is 2. The highest BCUT2D eigenvalue weighted by molar-refractivity contribution is 5.91. The van der Waals surface area contributed by atoms with Crippen LogP contribution in [0.5, 0.6) is 5.75 Å². The lowest BCUT2D eigenvalue weighted by Crippen LogP contribution is -2.13. The van der Waals surface area contributed by atoms with Crippen molar-refractivity contribution in [1.82, 2.24) is 9.97 Å². The Balaban J connectivity index is 2.38. The van der Waals surface area contributed by atoms with E-state index in [0.717, 1.165) is 11.3 Å². The second kappa shape index (κ2) is 4.61. The third-order valence-electron chi connectivity index (χ3n) is 2.26. The molecule has 17 heavy (non-hydrogen) atoms. The van der Waals surface area contributed by atoms with E-state index in [1.165, 1.54) is 12.3 Å². The molecule has 1 aromatic heterocycles.